The van der Waals surface area contributed by atoms with E-state index in [0.29, 0.717) is 46.2 Å². The Kier molecular flexibility index (Phi) is 6.49. The molecule has 2 heterocycles. The predicted molar refractivity (Wildman–Crippen MR) is 135 cm³/mol. The van der Waals surface area contributed by atoms with Crippen molar-refractivity contribution in [1.29, 1.82) is 0 Å². The normalized spacial score (nSPS) is 11.9. The van der Waals surface area contributed by atoms with Crippen LogP contribution in [-0.4, -0.2) is 36.3 Å². The Hall–Kier alpha value is -4.46. The largest absolute Gasteiger partial charge is 0.497 e. The zero-order valence-electron chi connectivity index (χ0n) is 20.1. The van der Waals surface area contributed by atoms with Gasteiger partial charge in [0.2, 0.25) is 6.79 Å². The minimum atomic E-state index is -0.249. The van der Waals surface area contributed by atoms with Crippen molar-refractivity contribution in [2.24, 2.45) is 0 Å². The topological polar surface area (TPSA) is 90.1 Å². The highest BCUT2D eigenvalue weighted by molar-refractivity contribution is 5.94. The van der Waals surface area contributed by atoms with E-state index < -0.39 is 0 Å². The van der Waals surface area contributed by atoms with Gasteiger partial charge in [0.05, 0.1) is 20.3 Å². The lowest BCUT2D eigenvalue weighted by Gasteiger charge is -2.23. The molecule has 0 atom stereocenters. The number of nitrogens with zero attached hydrogens (tertiary/aromatic N) is 1. The van der Waals surface area contributed by atoms with Crippen molar-refractivity contribution in [3.63, 3.8) is 0 Å². The minimum absolute atomic E-state index is 0.106. The lowest BCUT2D eigenvalue weighted by atomic mass is 10.1. The van der Waals surface area contributed by atoms with Crippen LogP contribution in [0, 0.1) is 0 Å². The number of hydrogen-bond acceptors (Lipinski definition) is 6. The van der Waals surface area contributed by atoms with Crippen LogP contribution in [0.5, 0.6) is 23.0 Å². The minimum Gasteiger partial charge on any atom is -0.497 e. The molecule has 0 saturated carbocycles. The van der Waals surface area contributed by atoms with Crippen LogP contribution in [0.25, 0.3) is 10.9 Å². The van der Waals surface area contributed by atoms with E-state index in [9.17, 15) is 9.59 Å². The molecule has 1 aliphatic heterocycles. The van der Waals surface area contributed by atoms with E-state index in [-0.39, 0.29) is 31.3 Å². The molecular formula is C28H26N2O6. The maximum atomic E-state index is 13.7. The zero-order valence-corrected chi connectivity index (χ0v) is 20.1. The second kappa shape index (κ2) is 10.0. The average Bonchev–Trinajstić information content (AvgIpc) is 3.36. The summed E-state index contributed by atoms with van der Waals surface area (Å²) in [5.74, 6) is 2.37. The van der Waals surface area contributed by atoms with Gasteiger partial charge in [-0.25, -0.2) is 0 Å². The molecule has 0 aliphatic carbocycles. The van der Waals surface area contributed by atoms with Gasteiger partial charge in [-0.3, -0.25) is 9.59 Å². The van der Waals surface area contributed by atoms with Crippen molar-refractivity contribution in [1.82, 2.24) is 9.88 Å². The van der Waals surface area contributed by atoms with Gasteiger partial charge < -0.3 is 28.8 Å². The summed E-state index contributed by atoms with van der Waals surface area (Å²) in [5.41, 5.74) is 2.24. The molecule has 0 unspecified atom stereocenters. The Morgan fingerprint density at radius 2 is 1.83 bits per heavy atom. The van der Waals surface area contributed by atoms with Crippen LogP contribution in [0.2, 0.25) is 0 Å². The zero-order chi connectivity index (χ0) is 25.1. The van der Waals surface area contributed by atoms with Crippen LogP contribution < -0.4 is 24.5 Å². The first-order chi connectivity index (χ1) is 17.5. The average molecular weight is 487 g/mol. The number of nitrogens with one attached hydrogen (secondary N) is 1. The number of benzene rings is 3. The second-order valence-corrected chi connectivity index (χ2v) is 8.39. The maximum Gasteiger partial charge on any atom is 0.254 e. The summed E-state index contributed by atoms with van der Waals surface area (Å²) < 4.78 is 21.8. The number of pyridine rings is 1. The molecule has 8 heteroatoms. The van der Waals surface area contributed by atoms with Crippen molar-refractivity contribution in [3.8, 4) is 23.0 Å². The number of H-pyrrole nitrogens is 1. The van der Waals surface area contributed by atoms with Gasteiger partial charge in [-0.05, 0) is 67.1 Å². The molecule has 184 valence electrons. The summed E-state index contributed by atoms with van der Waals surface area (Å²) in [5, 5.41) is 0.826. The molecule has 1 aliphatic rings. The molecule has 0 fully saturated rings. The highest BCUT2D eigenvalue weighted by atomic mass is 16.7. The Bertz CT molecular complexity index is 1480. The third-order valence-electron chi connectivity index (χ3n) is 5.98. The number of aromatic amines is 1. The van der Waals surface area contributed by atoms with E-state index in [1.165, 1.54) is 0 Å². The summed E-state index contributed by atoms with van der Waals surface area (Å²) in [4.78, 5) is 31.2. The number of rotatable bonds is 8. The van der Waals surface area contributed by atoms with Gasteiger partial charge >= 0.3 is 0 Å². The number of carbonyl (C=O) groups excluding carboxylic acids is 1. The Labute approximate surface area is 208 Å². The van der Waals surface area contributed by atoms with Gasteiger partial charge in [0.15, 0.2) is 11.5 Å². The van der Waals surface area contributed by atoms with Crippen LogP contribution >= 0.6 is 0 Å². The molecule has 5 rings (SSSR count). The molecular weight excluding hydrogens is 460 g/mol. The summed E-state index contributed by atoms with van der Waals surface area (Å²) in [7, 11) is 1.55. The van der Waals surface area contributed by atoms with Crippen molar-refractivity contribution in [3.05, 3.63) is 93.8 Å². The summed E-state index contributed by atoms with van der Waals surface area (Å²) in [6.07, 6.45) is 0. The Balaban J connectivity index is 1.51. The molecule has 36 heavy (non-hydrogen) atoms. The van der Waals surface area contributed by atoms with Crippen LogP contribution in [0.1, 0.15) is 28.4 Å². The summed E-state index contributed by atoms with van der Waals surface area (Å²) in [6, 6.07) is 19.9. The van der Waals surface area contributed by atoms with Crippen LogP contribution in [0.15, 0.2) is 71.5 Å². The molecule has 0 spiro atoms. The molecule has 0 radical (unpaired) electrons. The van der Waals surface area contributed by atoms with Crippen LogP contribution in [0.3, 0.4) is 0 Å². The fourth-order valence-electron chi connectivity index (χ4n) is 4.21. The molecule has 3 aromatic carbocycles. The molecule has 1 amide bonds. The number of methoxy groups -OCH3 is 1. The van der Waals surface area contributed by atoms with Gasteiger partial charge in [0.1, 0.15) is 11.5 Å². The Morgan fingerprint density at radius 3 is 2.67 bits per heavy atom. The lowest BCUT2D eigenvalue weighted by Crippen LogP contribution is -2.32. The lowest BCUT2D eigenvalue weighted by molar-refractivity contribution is 0.0729. The number of fused-ring (bicyclic) bond motifs is 2. The van der Waals surface area contributed by atoms with Crippen LogP contribution in [0.4, 0.5) is 0 Å². The predicted octanol–water partition coefficient (Wildman–Crippen LogP) is 4.51. The molecule has 4 aromatic rings. The fraction of sp³-hybridized carbons (Fsp3) is 0.214. The van der Waals surface area contributed by atoms with Gasteiger partial charge in [0.25, 0.3) is 11.5 Å². The smallest absolute Gasteiger partial charge is 0.254 e. The third-order valence-corrected chi connectivity index (χ3v) is 5.98. The number of ether oxygens (including phenoxy) is 4. The second-order valence-electron chi connectivity index (χ2n) is 8.39. The molecule has 8 nitrogen and oxygen atoms in total. The molecule has 1 aromatic heterocycles. The number of amides is 1. The molecule has 1 N–H and O–H groups in total. The molecule has 0 bridgehead atoms. The van der Waals surface area contributed by atoms with Crippen LogP contribution in [-0.2, 0) is 13.1 Å². The standard InChI is InChI=1S/C28H26N2O6/c1-3-34-23-8-9-24-20(14-23)12-21(27(31)29-24)16-30(28(32)19-5-4-6-22(13-19)33-2)15-18-7-10-25-26(11-18)36-17-35-25/h4-14H,3,15-17H2,1-2H3,(H,29,31). The first kappa shape index (κ1) is 23.3. The van der Waals surface area contributed by atoms with Crippen molar-refractivity contribution in [2.45, 2.75) is 20.0 Å². The highest BCUT2D eigenvalue weighted by Crippen LogP contribution is 2.33. The van der Waals surface area contributed by atoms with Gasteiger partial charge in [-0.2, -0.15) is 0 Å². The van der Waals surface area contributed by atoms with Crippen molar-refractivity contribution < 1.29 is 23.7 Å². The van der Waals surface area contributed by atoms with E-state index in [2.05, 4.69) is 4.98 Å². The number of carbonyl (C=O) groups is 1. The third kappa shape index (κ3) is 4.84. The number of aromatic nitrogens is 1. The summed E-state index contributed by atoms with van der Waals surface area (Å²) in [6.45, 7) is 3.00. The van der Waals surface area contributed by atoms with E-state index in [1.54, 1.807) is 36.3 Å². The maximum absolute atomic E-state index is 13.7. The van der Waals surface area contributed by atoms with Gasteiger partial charge in [0, 0.05) is 28.6 Å². The van der Waals surface area contributed by atoms with E-state index in [0.717, 1.165) is 10.9 Å². The summed E-state index contributed by atoms with van der Waals surface area (Å²) >= 11 is 0. The first-order valence-electron chi connectivity index (χ1n) is 11.6. The SMILES string of the molecule is CCOc1ccc2[nH]c(=O)c(CN(Cc3ccc4c(c3)OCO4)C(=O)c3cccc(OC)c3)cc2c1. The first-order valence-corrected chi connectivity index (χ1v) is 11.6. The van der Waals surface area contributed by atoms with Crippen molar-refractivity contribution in [2.75, 3.05) is 20.5 Å². The highest BCUT2D eigenvalue weighted by Gasteiger charge is 2.21. The molecule has 0 saturated heterocycles. The van der Waals surface area contributed by atoms with E-state index in [4.69, 9.17) is 18.9 Å². The fourth-order valence-corrected chi connectivity index (χ4v) is 4.21. The van der Waals surface area contributed by atoms with E-state index in [1.807, 2.05) is 49.4 Å². The monoisotopic (exact) mass is 486 g/mol. The Morgan fingerprint density at radius 1 is 0.972 bits per heavy atom. The van der Waals surface area contributed by atoms with Crippen molar-refractivity contribution >= 4 is 16.8 Å². The van der Waals surface area contributed by atoms with E-state index >= 15 is 0 Å². The number of hydrogen-bond donors (Lipinski definition) is 1. The van der Waals surface area contributed by atoms with Gasteiger partial charge in [-0.15, -0.1) is 0 Å². The quantitative estimate of drug-likeness (QED) is 0.394. The van der Waals surface area contributed by atoms with Gasteiger partial charge in [-0.1, -0.05) is 12.1 Å².